The van der Waals surface area contributed by atoms with Gasteiger partial charge in [-0.2, -0.15) is 0 Å². The van der Waals surface area contributed by atoms with Gasteiger partial charge in [-0.1, -0.05) is 30.3 Å². The molecule has 2 heterocycles. The smallest absolute Gasteiger partial charge is 0.317 e. The fourth-order valence-electron chi connectivity index (χ4n) is 2.81. The molecule has 1 saturated heterocycles. The van der Waals surface area contributed by atoms with E-state index in [2.05, 4.69) is 20.2 Å². The first-order valence-electron chi connectivity index (χ1n) is 8.86. The molecular weight excluding hydrogens is 330 g/mol. The van der Waals surface area contributed by atoms with Gasteiger partial charge >= 0.3 is 6.03 Å². The summed E-state index contributed by atoms with van der Waals surface area (Å²) in [4.78, 5) is 25.2. The molecule has 0 spiro atoms. The Bertz CT molecular complexity index is 717. The third-order valence-corrected chi connectivity index (χ3v) is 4.51. The molecule has 0 aliphatic carbocycles. The van der Waals surface area contributed by atoms with Gasteiger partial charge in [-0.05, 0) is 13.0 Å². The maximum atomic E-state index is 12.2. The number of urea groups is 1. The van der Waals surface area contributed by atoms with Gasteiger partial charge in [0.05, 0.1) is 11.8 Å². The van der Waals surface area contributed by atoms with Crippen LogP contribution in [0.4, 0.5) is 10.7 Å². The van der Waals surface area contributed by atoms with E-state index in [1.807, 2.05) is 48.2 Å². The minimum Gasteiger partial charge on any atom is -0.380 e. The fraction of sp³-hybridized carbons (Fsp3) is 0.421. The maximum absolute atomic E-state index is 12.2. The molecule has 2 aromatic rings. The number of carbonyl (C=O) groups is 1. The molecule has 2 amide bonds. The molecule has 0 radical (unpaired) electrons. The highest BCUT2D eigenvalue weighted by Crippen LogP contribution is 2.19. The van der Waals surface area contributed by atoms with Crippen molar-refractivity contribution >= 4 is 12.0 Å². The standard InChI is InChI=1S/C19H25N5O2/c1-15(26-2)14-21-19(25)24-12-10-23(11-13-24)18-20-9-8-17(22-18)16-6-4-3-5-7-16/h3-9,15H,10-14H2,1-2H3,(H,21,25)/t15-/m1/s1. The Kier molecular flexibility index (Phi) is 6.01. The summed E-state index contributed by atoms with van der Waals surface area (Å²) in [6.07, 6.45) is 1.80. The number of amides is 2. The maximum Gasteiger partial charge on any atom is 0.317 e. The molecule has 0 saturated carbocycles. The van der Waals surface area contributed by atoms with Crippen molar-refractivity contribution in [1.82, 2.24) is 20.2 Å². The lowest BCUT2D eigenvalue weighted by molar-refractivity contribution is 0.115. The van der Waals surface area contributed by atoms with Crippen molar-refractivity contribution in [3.05, 3.63) is 42.6 Å². The van der Waals surface area contributed by atoms with Gasteiger partial charge in [0.1, 0.15) is 0 Å². The lowest BCUT2D eigenvalue weighted by atomic mass is 10.1. The van der Waals surface area contributed by atoms with Gasteiger partial charge in [-0.3, -0.25) is 0 Å². The van der Waals surface area contributed by atoms with Crippen molar-refractivity contribution in [2.75, 3.05) is 44.7 Å². The van der Waals surface area contributed by atoms with Gasteiger partial charge in [0.15, 0.2) is 0 Å². The van der Waals surface area contributed by atoms with E-state index in [1.54, 1.807) is 13.3 Å². The van der Waals surface area contributed by atoms with E-state index >= 15 is 0 Å². The minimum atomic E-state index is -0.0486. The first kappa shape index (κ1) is 18.1. The molecule has 138 valence electrons. The van der Waals surface area contributed by atoms with Crippen LogP contribution < -0.4 is 10.2 Å². The van der Waals surface area contributed by atoms with Crippen LogP contribution in [0, 0.1) is 0 Å². The van der Waals surface area contributed by atoms with E-state index < -0.39 is 0 Å². The van der Waals surface area contributed by atoms with E-state index in [0.717, 1.165) is 11.3 Å². The number of piperazine rings is 1. The lowest BCUT2D eigenvalue weighted by Gasteiger charge is -2.34. The van der Waals surface area contributed by atoms with Crippen LogP contribution in [0.1, 0.15) is 6.92 Å². The number of aromatic nitrogens is 2. The monoisotopic (exact) mass is 355 g/mol. The van der Waals surface area contributed by atoms with E-state index in [4.69, 9.17) is 4.74 Å². The van der Waals surface area contributed by atoms with Crippen LogP contribution in [0.5, 0.6) is 0 Å². The molecule has 1 N–H and O–H groups in total. The second-order valence-corrected chi connectivity index (χ2v) is 6.31. The van der Waals surface area contributed by atoms with E-state index in [0.29, 0.717) is 38.7 Å². The molecule has 0 bridgehead atoms. The second kappa shape index (κ2) is 8.62. The molecule has 26 heavy (non-hydrogen) atoms. The van der Waals surface area contributed by atoms with Crippen molar-refractivity contribution < 1.29 is 9.53 Å². The van der Waals surface area contributed by atoms with Crippen LogP contribution in [-0.4, -0.2) is 66.8 Å². The number of benzene rings is 1. The van der Waals surface area contributed by atoms with E-state index in [-0.39, 0.29) is 12.1 Å². The summed E-state index contributed by atoms with van der Waals surface area (Å²) in [5, 5.41) is 2.90. The number of carbonyl (C=O) groups excluding carboxylic acids is 1. The molecule has 7 nitrogen and oxygen atoms in total. The number of nitrogens with zero attached hydrogens (tertiary/aromatic N) is 4. The van der Waals surface area contributed by atoms with Crippen molar-refractivity contribution in [1.29, 1.82) is 0 Å². The summed E-state index contributed by atoms with van der Waals surface area (Å²) >= 11 is 0. The number of methoxy groups -OCH3 is 1. The number of hydrogen-bond donors (Lipinski definition) is 1. The van der Waals surface area contributed by atoms with Crippen molar-refractivity contribution in [2.45, 2.75) is 13.0 Å². The summed E-state index contributed by atoms with van der Waals surface area (Å²) in [5.41, 5.74) is 1.98. The molecular formula is C19H25N5O2. The van der Waals surface area contributed by atoms with Crippen molar-refractivity contribution in [3.8, 4) is 11.3 Å². The highest BCUT2D eigenvalue weighted by atomic mass is 16.5. The molecule has 0 unspecified atom stereocenters. The Labute approximate surface area is 154 Å². The average molecular weight is 355 g/mol. The lowest BCUT2D eigenvalue weighted by Crippen LogP contribution is -2.53. The molecule has 1 aromatic heterocycles. The first-order valence-corrected chi connectivity index (χ1v) is 8.86. The zero-order valence-corrected chi connectivity index (χ0v) is 15.3. The van der Waals surface area contributed by atoms with Crippen molar-refractivity contribution in [3.63, 3.8) is 0 Å². The van der Waals surface area contributed by atoms with Crippen LogP contribution in [0.25, 0.3) is 11.3 Å². The van der Waals surface area contributed by atoms with Gasteiger partial charge < -0.3 is 19.9 Å². The third-order valence-electron chi connectivity index (χ3n) is 4.51. The molecule has 7 heteroatoms. The summed E-state index contributed by atoms with van der Waals surface area (Å²) in [5.74, 6) is 0.708. The van der Waals surface area contributed by atoms with Gasteiger partial charge in [-0.15, -0.1) is 0 Å². The molecule has 1 aliphatic heterocycles. The topological polar surface area (TPSA) is 70.6 Å². The third kappa shape index (κ3) is 4.49. The normalized spacial score (nSPS) is 15.6. The number of hydrogen-bond acceptors (Lipinski definition) is 5. The Morgan fingerprint density at radius 2 is 1.92 bits per heavy atom. The number of ether oxygens (including phenoxy) is 1. The SMILES string of the molecule is CO[C@H](C)CNC(=O)N1CCN(c2nccc(-c3ccccc3)n2)CC1. The van der Waals surface area contributed by atoms with Gasteiger partial charge in [-0.25, -0.2) is 14.8 Å². The zero-order valence-electron chi connectivity index (χ0n) is 15.3. The molecule has 3 rings (SSSR count). The number of nitrogens with one attached hydrogen (secondary N) is 1. The Morgan fingerprint density at radius 3 is 2.62 bits per heavy atom. The van der Waals surface area contributed by atoms with Crippen LogP contribution >= 0.6 is 0 Å². The Hall–Kier alpha value is -2.67. The Morgan fingerprint density at radius 1 is 1.19 bits per heavy atom. The van der Waals surface area contributed by atoms with E-state index in [9.17, 15) is 4.79 Å². The van der Waals surface area contributed by atoms with Crippen LogP contribution in [0.15, 0.2) is 42.6 Å². The summed E-state index contributed by atoms with van der Waals surface area (Å²) < 4.78 is 5.15. The first-order chi connectivity index (χ1) is 12.7. The minimum absolute atomic E-state index is 0.00867. The Balaban J connectivity index is 1.58. The highest BCUT2D eigenvalue weighted by Gasteiger charge is 2.22. The molecule has 1 aliphatic rings. The molecule has 1 atom stereocenters. The highest BCUT2D eigenvalue weighted by molar-refractivity contribution is 5.74. The van der Waals surface area contributed by atoms with Crippen LogP contribution in [0.2, 0.25) is 0 Å². The van der Waals surface area contributed by atoms with Crippen LogP contribution in [0.3, 0.4) is 0 Å². The molecule has 1 fully saturated rings. The molecule has 1 aromatic carbocycles. The second-order valence-electron chi connectivity index (χ2n) is 6.31. The van der Waals surface area contributed by atoms with E-state index in [1.165, 1.54) is 0 Å². The van der Waals surface area contributed by atoms with Crippen molar-refractivity contribution in [2.24, 2.45) is 0 Å². The number of rotatable bonds is 5. The predicted octanol–water partition coefficient (Wildman–Crippen LogP) is 2.01. The zero-order chi connectivity index (χ0) is 18.4. The largest absolute Gasteiger partial charge is 0.380 e. The quantitative estimate of drug-likeness (QED) is 0.888. The number of anilines is 1. The summed E-state index contributed by atoms with van der Waals surface area (Å²) in [6.45, 7) is 5.16. The average Bonchev–Trinajstić information content (AvgIpc) is 2.72. The summed E-state index contributed by atoms with van der Waals surface area (Å²) in [6, 6.07) is 11.9. The predicted molar refractivity (Wildman–Crippen MR) is 101 cm³/mol. The van der Waals surface area contributed by atoms with Gasteiger partial charge in [0, 0.05) is 51.6 Å². The van der Waals surface area contributed by atoms with Crippen LogP contribution in [-0.2, 0) is 4.74 Å². The van der Waals surface area contributed by atoms with Gasteiger partial charge in [0.2, 0.25) is 5.95 Å². The fourth-order valence-corrected chi connectivity index (χ4v) is 2.81. The summed E-state index contributed by atoms with van der Waals surface area (Å²) in [7, 11) is 1.64. The van der Waals surface area contributed by atoms with Gasteiger partial charge in [0.25, 0.3) is 0 Å².